The Labute approximate surface area is 140 Å². The lowest BCUT2D eigenvalue weighted by atomic mass is 9.75. The molecule has 0 bridgehead atoms. The molecule has 0 atom stereocenters. The quantitative estimate of drug-likeness (QED) is 0.801. The molecule has 0 saturated carbocycles. The molecule has 1 heterocycles. The molecule has 0 amide bonds. The maximum Gasteiger partial charge on any atom is 0.498 e. The minimum absolute atomic E-state index is 0.0485. The van der Waals surface area contributed by atoms with E-state index in [2.05, 4.69) is 26.8 Å². The maximum atomic E-state index is 6.16. The Bertz CT molecular complexity index is 571. The molecular weight excluding hydrogens is 291 g/mol. The minimum atomic E-state index is -0.474. The summed E-state index contributed by atoms with van der Waals surface area (Å²) in [5, 5.41) is 0. The van der Waals surface area contributed by atoms with Crippen molar-refractivity contribution in [2.75, 3.05) is 14.2 Å². The number of hydrogen-bond donors (Lipinski definition) is 0. The maximum absolute atomic E-state index is 6.16. The SMILES string of the molecule is COc1c(B2OC(C)(C)C(C)(C)O2)ccc(C(C)(C)C)c1OC. The minimum Gasteiger partial charge on any atom is -0.493 e. The Kier molecular flexibility index (Phi) is 4.51. The number of rotatable bonds is 3. The average molecular weight is 320 g/mol. The van der Waals surface area contributed by atoms with Crippen molar-refractivity contribution in [2.45, 2.75) is 65.1 Å². The predicted octanol–water partition coefficient (Wildman–Crippen LogP) is 3.30. The summed E-state index contributed by atoms with van der Waals surface area (Å²) in [6, 6.07) is 4.09. The molecule has 0 unspecified atom stereocenters. The van der Waals surface area contributed by atoms with Crippen LogP contribution in [0.4, 0.5) is 0 Å². The molecular formula is C18H29BO4. The highest BCUT2D eigenvalue weighted by Gasteiger charge is 2.52. The molecule has 0 spiro atoms. The fourth-order valence-electron chi connectivity index (χ4n) is 2.74. The molecule has 128 valence electrons. The molecule has 5 heteroatoms. The Morgan fingerprint density at radius 2 is 1.35 bits per heavy atom. The Morgan fingerprint density at radius 3 is 1.74 bits per heavy atom. The van der Waals surface area contributed by atoms with Crippen LogP contribution in [0.2, 0.25) is 0 Å². The second-order valence-corrected chi connectivity index (χ2v) is 8.11. The van der Waals surface area contributed by atoms with Gasteiger partial charge in [0.25, 0.3) is 0 Å². The molecule has 1 aromatic carbocycles. The van der Waals surface area contributed by atoms with E-state index in [1.54, 1.807) is 14.2 Å². The first kappa shape index (κ1) is 18.1. The molecule has 1 aliphatic heterocycles. The summed E-state index contributed by atoms with van der Waals surface area (Å²) in [6.45, 7) is 14.6. The Hall–Kier alpha value is -1.20. The van der Waals surface area contributed by atoms with Gasteiger partial charge in [0.2, 0.25) is 0 Å². The van der Waals surface area contributed by atoms with Gasteiger partial charge in [-0.3, -0.25) is 0 Å². The van der Waals surface area contributed by atoms with Crippen LogP contribution < -0.4 is 14.9 Å². The first-order valence-corrected chi connectivity index (χ1v) is 8.05. The first-order chi connectivity index (χ1) is 10.4. The molecule has 1 fully saturated rings. The van der Waals surface area contributed by atoms with Crippen LogP contribution in [0.15, 0.2) is 12.1 Å². The van der Waals surface area contributed by atoms with E-state index in [0.717, 1.165) is 16.8 Å². The summed E-state index contributed by atoms with van der Waals surface area (Å²) in [5.74, 6) is 1.42. The van der Waals surface area contributed by atoms with Crippen molar-refractivity contribution in [3.8, 4) is 11.5 Å². The van der Waals surface area contributed by atoms with Gasteiger partial charge < -0.3 is 18.8 Å². The van der Waals surface area contributed by atoms with E-state index in [4.69, 9.17) is 18.8 Å². The lowest BCUT2D eigenvalue weighted by Gasteiger charge is -2.32. The first-order valence-electron chi connectivity index (χ1n) is 8.05. The molecule has 1 aliphatic rings. The summed E-state index contributed by atoms with van der Waals surface area (Å²) < 4.78 is 23.6. The summed E-state index contributed by atoms with van der Waals surface area (Å²) in [6.07, 6.45) is 0. The third kappa shape index (κ3) is 3.09. The third-order valence-electron chi connectivity index (χ3n) is 4.87. The van der Waals surface area contributed by atoms with Crippen LogP contribution in [-0.2, 0) is 14.7 Å². The van der Waals surface area contributed by atoms with Crippen LogP contribution in [-0.4, -0.2) is 32.5 Å². The highest BCUT2D eigenvalue weighted by Crippen LogP contribution is 2.41. The number of hydrogen-bond acceptors (Lipinski definition) is 4. The van der Waals surface area contributed by atoms with Gasteiger partial charge in [0.15, 0.2) is 11.5 Å². The number of benzene rings is 1. The summed E-state index contributed by atoms with van der Waals surface area (Å²) in [5.41, 5.74) is 1.12. The molecule has 0 aromatic heterocycles. The van der Waals surface area contributed by atoms with Gasteiger partial charge in [0, 0.05) is 11.0 Å². The lowest BCUT2D eigenvalue weighted by Crippen LogP contribution is -2.41. The van der Waals surface area contributed by atoms with Crippen molar-refractivity contribution in [1.82, 2.24) is 0 Å². The van der Waals surface area contributed by atoms with Gasteiger partial charge in [0.05, 0.1) is 25.4 Å². The van der Waals surface area contributed by atoms with Crippen LogP contribution >= 0.6 is 0 Å². The monoisotopic (exact) mass is 320 g/mol. The average Bonchev–Trinajstić information content (AvgIpc) is 2.64. The Balaban J connectivity index is 2.54. The highest BCUT2D eigenvalue weighted by atomic mass is 16.7. The largest absolute Gasteiger partial charge is 0.498 e. The van der Waals surface area contributed by atoms with E-state index in [1.807, 2.05) is 33.8 Å². The van der Waals surface area contributed by atoms with Crippen LogP contribution in [0.25, 0.3) is 0 Å². The summed E-state index contributed by atoms with van der Waals surface area (Å²) in [7, 11) is 2.85. The summed E-state index contributed by atoms with van der Waals surface area (Å²) >= 11 is 0. The van der Waals surface area contributed by atoms with Crippen molar-refractivity contribution in [1.29, 1.82) is 0 Å². The second-order valence-electron chi connectivity index (χ2n) is 8.11. The highest BCUT2D eigenvalue weighted by molar-refractivity contribution is 6.63. The number of ether oxygens (including phenoxy) is 2. The Morgan fingerprint density at radius 1 is 0.870 bits per heavy atom. The third-order valence-corrected chi connectivity index (χ3v) is 4.87. The molecule has 2 rings (SSSR count). The van der Waals surface area contributed by atoms with Crippen LogP contribution in [0.5, 0.6) is 11.5 Å². The van der Waals surface area contributed by atoms with Crippen LogP contribution in [0.1, 0.15) is 54.0 Å². The van der Waals surface area contributed by atoms with E-state index in [0.29, 0.717) is 5.75 Å². The van der Waals surface area contributed by atoms with Crippen LogP contribution in [0.3, 0.4) is 0 Å². The van der Waals surface area contributed by atoms with Crippen molar-refractivity contribution in [2.24, 2.45) is 0 Å². The van der Waals surface area contributed by atoms with E-state index in [1.165, 1.54) is 0 Å². The molecule has 0 radical (unpaired) electrons. The van der Waals surface area contributed by atoms with Crippen molar-refractivity contribution >= 4 is 12.6 Å². The standard InChI is InChI=1S/C18H29BO4/c1-16(2,3)12-10-11-13(15(21-9)14(12)20-8)19-22-17(4,5)18(6,7)23-19/h10-11H,1-9H3. The van der Waals surface area contributed by atoms with Gasteiger partial charge in [0.1, 0.15) is 0 Å². The second kappa shape index (κ2) is 5.71. The van der Waals surface area contributed by atoms with Gasteiger partial charge >= 0.3 is 7.12 Å². The molecule has 0 N–H and O–H groups in total. The zero-order valence-electron chi connectivity index (χ0n) is 15.9. The smallest absolute Gasteiger partial charge is 0.493 e. The lowest BCUT2D eigenvalue weighted by molar-refractivity contribution is 0.00578. The van der Waals surface area contributed by atoms with E-state index >= 15 is 0 Å². The van der Waals surface area contributed by atoms with E-state index in [9.17, 15) is 0 Å². The fourth-order valence-corrected chi connectivity index (χ4v) is 2.74. The zero-order valence-corrected chi connectivity index (χ0v) is 15.9. The topological polar surface area (TPSA) is 36.9 Å². The van der Waals surface area contributed by atoms with E-state index < -0.39 is 18.3 Å². The molecule has 0 aliphatic carbocycles. The summed E-state index contributed by atoms with van der Waals surface area (Å²) in [4.78, 5) is 0. The van der Waals surface area contributed by atoms with Crippen molar-refractivity contribution in [3.63, 3.8) is 0 Å². The van der Waals surface area contributed by atoms with Gasteiger partial charge in [-0.05, 0) is 33.1 Å². The zero-order chi connectivity index (χ0) is 17.6. The predicted molar refractivity (Wildman–Crippen MR) is 94.0 cm³/mol. The molecule has 4 nitrogen and oxygen atoms in total. The van der Waals surface area contributed by atoms with Crippen molar-refractivity contribution in [3.05, 3.63) is 17.7 Å². The van der Waals surface area contributed by atoms with Gasteiger partial charge in [-0.25, -0.2) is 0 Å². The molecule has 23 heavy (non-hydrogen) atoms. The van der Waals surface area contributed by atoms with Crippen molar-refractivity contribution < 1.29 is 18.8 Å². The van der Waals surface area contributed by atoms with Gasteiger partial charge in [-0.1, -0.05) is 32.9 Å². The van der Waals surface area contributed by atoms with Crippen LogP contribution in [0, 0.1) is 0 Å². The van der Waals surface area contributed by atoms with Gasteiger partial charge in [-0.15, -0.1) is 0 Å². The van der Waals surface area contributed by atoms with E-state index in [-0.39, 0.29) is 5.41 Å². The number of methoxy groups -OCH3 is 2. The van der Waals surface area contributed by atoms with Gasteiger partial charge in [-0.2, -0.15) is 0 Å². The fraction of sp³-hybridized carbons (Fsp3) is 0.667. The molecule has 1 saturated heterocycles. The molecule has 1 aromatic rings. The normalized spacial score (nSPS) is 19.8.